The Balaban J connectivity index is 1.89. The van der Waals surface area contributed by atoms with Crippen LogP contribution in [-0.4, -0.2) is 84.9 Å². The predicted octanol–water partition coefficient (Wildman–Crippen LogP) is 2.83. The van der Waals surface area contributed by atoms with E-state index in [1.807, 2.05) is 7.05 Å². The lowest BCUT2D eigenvalue weighted by Gasteiger charge is -2.32. The number of alkyl halides is 3. The zero-order chi connectivity index (χ0) is 24.6. The van der Waals surface area contributed by atoms with Crippen LogP contribution in [0.4, 0.5) is 13.2 Å². The normalized spacial score (nSPS) is 15.0. The minimum absolute atomic E-state index is 0.00402. The van der Waals surface area contributed by atoms with E-state index < -0.39 is 17.8 Å². The van der Waals surface area contributed by atoms with Gasteiger partial charge in [-0.3, -0.25) is 4.79 Å². The SMILES string of the molecule is COc1cc(-c2cc(C(F)(F)F)n3ncc(C(=O)N4CCN(C)CC4)c3n2)cc(OC)c1OC. The van der Waals surface area contributed by atoms with E-state index in [4.69, 9.17) is 14.2 Å². The number of amides is 1. The molecule has 1 fully saturated rings. The van der Waals surface area contributed by atoms with Crippen molar-refractivity contribution in [2.24, 2.45) is 0 Å². The van der Waals surface area contributed by atoms with E-state index in [0.717, 1.165) is 12.3 Å². The smallest absolute Gasteiger partial charge is 0.433 e. The van der Waals surface area contributed by atoms with Gasteiger partial charge in [0.25, 0.3) is 5.91 Å². The molecule has 0 atom stereocenters. The van der Waals surface area contributed by atoms with E-state index in [1.54, 1.807) is 4.90 Å². The molecule has 1 aliphatic rings. The highest BCUT2D eigenvalue weighted by Crippen LogP contribution is 2.42. The Labute approximate surface area is 193 Å². The largest absolute Gasteiger partial charge is 0.493 e. The predicted molar refractivity (Wildman–Crippen MR) is 116 cm³/mol. The summed E-state index contributed by atoms with van der Waals surface area (Å²) in [6.45, 7) is 2.27. The highest BCUT2D eigenvalue weighted by molar-refractivity contribution is 6.00. The van der Waals surface area contributed by atoms with Crippen molar-refractivity contribution < 1.29 is 32.2 Å². The first kappa shape index (κ1) is 23.6. The van der Waals surface area contributed by atoms with Gasteiger partial charge in [0.15, 0.2) is 22.8 Å². The maximum atomic E-state index is 14.0. The number of fused-ring (bicyclic) bond motifs is 1. The molecule has 12 heteroatoms. The molecule has 0 N–H and O–H groups in total. The fourth-order valence-corrected chi connectivity index (χ4v) is 3.87. The summed E-state index contributed by atoms with van der Waals surface area (Å²) in [5.74, 6) is 0.399. The number of hydrogen-bond donors (Lipinski definition) is 0. The lowest BCUT2D eigenvalue weighted by atomic mass is 10.1. The summed E-state index contributed by atoms with van der Waals surface area (Å²) < 4.78 is 58.5. The van der Waals surface area contributed by atoms with Crippen LogP contribution in [0, 0.1) is 0 Å². The van der Waals surface area contributed by atoms with Gasteiger partial charge in [-0.25, -0.2) is 9.50 Å². The number of halogens is 3. The average Bonchev–Trinajstić information content (AvgIpc) is 3.25. The molecule has 0 aliphatic carbocycles. The van der Waals surface area contributed by atoms with E-state index in [2.05, 4.69) is 15.0 Å². The molecule has 0 bridgehead atoms. The number of likely N-dealkylation sites (N-methyl/N-ethyl adjacent to an activating group) is 1. The number of aromatic nitrogens is 3. The van der Waals surface area contributed by atoms with E-state index in [0.29, 0.717) is 42.0 Å². The average molecular weight is 479 g/mol. The first-order valence-electron chi connectivity index (χ1n) is 10.4. The summed E-state index contributed by atoms with van der Waals surface area (Å²) in [4.78, 5) is 21.2. The van der Waals surface area contributed by atoms with Crippen LogP contribution < -0.4 is 14.2 Å². The molecule has 3 aromatic rings. The van der Waals surface area contributed by atoms with Gasteiger partial charge in [0, 0.05) is 31.7 Å². The van der Waals surface area contributed by atoms with Crippen LogP contribution in [0.15, 0.2) is 24.4 Å². The van der Waals surface area contributed by atoms with Gasteiger partial charge >= 0.3 is 6.18 Å². The van der Waals surface area contributed by atoms with E-state index in [9.17, 15) is 18.0 Å². The van der Waals surface area contributed by atoms with Crippen LogP contribution in [-0.2, 0) is 6.18 Å². The number of nitrogens with zero attached hydrogens (tertiary/aromatic N) is 5. The van der Waals surface area contributed by atoms with E-state index >= 15 is 0 Å². The summed E-state index contributed by atoms with van der Waals surface area (Å²) in [7, 11) is 6.18. The monoisotopic (exact) mass is 479 g/mol. The third-order valence-electron chi connectivity index (χ3n) is 5.74. The van der Waals surface area contributed by atoms with Crippen LogP contribution >= 0.6 is 0 Å². The molecule has 9 nitrogen and oxygen atoms in total. The van der Waals surface area contributed by atoms with Crippen LogP contribution in [0.25, 0.3) is 16.9 Å². The van der Waals surface area contributed by atoms with Crippen molar-refractivity contribution in [3.8, 4) is 28.5 Å². The highest BCUT2D eigenvalue weighted by atomic mass is 19.4. The van der Waals surface area contributed by atoms with Gasteiger partial charge in [0.1, 0.15) is 5.56 Å². The van der Waals surface area contributed by atoms with Crippen molar-refractivity contribution in [1.29, 1.82) is 0 Å². The molecule has 1 amide bonds. The lowest BCUT2D eigenvalue weighted by Crippen LogP contribution is -2.47. The molecule has 1 saturated heterocycles. The topological polar surface area (TPSA) is 81.4 Å². The Morgan fingerprint density at radius 1 is 0.971 bits per heavy atom. The molecule has 0 spiro atoms. The number of carbonyl (C=O) groups excluding carboxylic acids is 1. The molecule has 0 saturated carbocycles. The summed E-state index contributed by atoms with van der Waals surface area (Å²) in [6, 6.07) is 3.88. The molecule has 2 aromatic heterocycles. The second-order valence-electron chi connectivity index (χ2n) is 7.83. The molecule has 1 aromatic carbocycles. The van der Waals surface area contributed by atoms with Gasteiger partial charge in [-0.05, 0) is 25.2 Å². The number of rotatable bonds is 5. The van der Waals surface area contributed by atoms with Crippen molar-refractivity contribution in [3.63, 3.8) is 0 Å². The number of ether oxygens (including phenoxy) is 3. The fraction of sp³-hybridized carbons (Fsp3) is 0.409. The van der Waals surface area contributed by atoms with Crippen LogP contribution in [0.3, 0.4) is 0 Å². The van der Waals surface area contributed by atoms with Crippen LogP contribution in [0.2, 0.25) is 0 Å². The quantitative estimate of drug-likeness (QED) is 0.557. The van der Waals surface area contributed by atoms with Gasteiger partial charge in [-0.2, -0.15) is 18.3 Å². The first-order valence-corrected chi connectivity index (χ1v) is 10.4. The minimum atomic E-state index is -4.74. The number of methoxy groups -OCH3 is 3. The van der Waals surface area contributed by atoms with Gasteiger partial charge < -0.3 is 24.0 Å². The number of carbonyl (C=O) groups is 1. The lowest BCUT2D eigenvalue weighted by molar-refractivity contribution is -0.142. The molecule has 3 heterocycles. The summed E-state index contributed by atoms with van der Waals surface area (Å²) in [5, 5.41) is 3.85. The number of hydrogen-bond acceptors (Lipinski definition) is 7. The van der Waals surface area contributed by atoms with Gasteiger partial charge in [-0.1, -0.05) is 0 Å². The number of benzene rings is 1. The Bertz CT molecular complexity index is 1190. The molecule has 0 radical (unpaired) electrons. The molecule has 182 valence electrons. The molecule has 4 rings (SSSR count). The second-order valence-corrected chi connectivity index (χ2v) is 7.83. The molecule has 34 heavy (non-hydrogen) atoms. The van der Waals surface area contributed by atoms with Gasteiger partial charge in [0.2, 0.25) is 5.75 Å². The van der Waals surface area contributed by atoms with E-state index in [-0.39, 0.29) is 28.4 Å². The molecular formula is C22H24F3N5O4. The Morgan fingerprint density at radius 3 is 2.12 bits per heavy atom. The second kappa shape index (κ2) is 9.01. The minimum Gasteiger partial charge on any atom is -0.493 e. The maximum absolute atomic E-state index is 14.0. The van der Waals surface area contributed by atoms with Crippen molar-refractivity contribution >= 4 is 11.6 Å². The molecular weight excluding hydrogens is 455 g/mol. The maximum Gasteiger partial charge on any atom is 0.433 e. The first-order chi connectivity index (χ1) is 16.2. The fourth-order valence-electron chi connectivity index (χ4n) is 3.87. The highest BCUT2D eigenvalue weighted by Gasteiger charge is 2.36. The molecule has 1 aliphatic heterocycles. The van der Waals surface area contributed by atoms with Crippen molar-refractivity contribution in [1.82, 2.24) is 24.4 Å². The van der Waals surface area contributed by atoms with Gasteiger partial charge in [0.05, 0.1) is 33.2 Å². The van der Waals surface area contributed by atoms with Crippen molar-refractivity contribution in [2.75, 3.05) is 54.6 Å². The summed E-state index contributed by atoms with van der Waals surface area (Å²) >= 11 is 0. The van der Waals surface area contributed by atoms with Gasteiger partial charge in [-0.15, -0.1) is 0 Å². The van der Waals surface area contributed by atoms with E-state index in [1.165, 1.54) is 33.5 Å². The Hall–Kier alpha value is -3.54. The third kappa shape index (κ3) is 4.20. The Kier molecular flexibility index (Phi) is 6.26. The Morgan fingerprint density at radius 2 is 1.59 bits per heavy atom. The standard InChI is InChI=1S/C22H24F3N5O4/c1-28-5-7-29(8-6-28)21(31)14-12-26-30-18(22(23,24)25)11-15(27-20(14)30)13-9-16(32-2)19(34-4)17(10-13)33-3/h9-12H,5-8H2,1-4H3. The zero-order valence-corrected chi connectivity index (χ0v) is 19.1. The zero-order valence-electron chi connectivity index (χ0n) is 19.1. The molecule has 0 unspecified atom stereocenters. The van der Waals surface area contributed by atoms with Crippen molar-refractivity contribution in [3.05, 3.63) is 35.7 Å². The van der Waals surface area contributed by atoms with Crippen molar-refractivity contribution in [2.45, 2.75) is 6.18 Å². The van der Waals surface area contributed by atoms with Crippen LogP contribution in [0.1, 0.15) is 16.1 Å². The van der Waals surface area contributed by atoms with Crippen LogP contribution in [0.5, 0.6) is 17.2 Å². The summed E-state index contributed by atoms with van der Waals surface area (Å²) in [6.07, 6.45) is -3.60. The third-order valence-corrected chi connectivity index (χ3v) is 5.74. The number of piperazine rings is 1. The summed E-state index contributed by atoms with van der Waals surface area (Å²) in [5.41, 5.74) is -0.959.